The summed E-state index contributed by atoms with van der Waals surface area (Å²) in [5.41, 5.74) is 0.665. The highest BCUT2D eigenvalue weighted by Gasteiger charge is 2.34. The average Bonchev–Trinajstić information content (AvgIpc) is 3.35. The molecule has 148 valence electrons. The van der Waals surface area contributed by atoms with Gasteiger partial charge < -0.3 is 19.5 Å². The van der Waals surface area contributed by atoms with Crippen LogP contribution in [0.1, 0.15) is 11.3 Å². The molecule has 4 aromatic rings. The first-order chi connectivity index (χ1) is 13.9. The summed E-state index contributed by atoms with van der Waals surface area (Å²) in [5, 5.41) is 5.22. The SMILES string of the molecule is O=C(NCc1cn2cc(-c3ccoc3)cc(C(F)(F)F)c2n1)Nc1ccccc1. The van der Waals surface area contributed by atoms with E-state index in [4.69, 9.17) is 4.42 Å². The minimum absolute atomic E-state index is 0.0291. The third kappa shape index (κ3) is 4.08. The van der Waals surface area contributed by atoms with Crippen molar-refractivity contribution in [2.75, 3.05) is 5.32 Å². The van der Waals surface area contributed by atoms with Crippen molar-refractivity contribution < 1.29 is 22.4 Å². The molecule has 0 spiro atoms. The van der Waals surface area contributed by atoms with Gasteiger partial charge in [-0.1, -0.05) is 18.2 Å². The lowest BCUT2D eigenvalue weighted by molar-refractivity contribution is -0.136. The third-order valence-electron chi connectivity index (χ3n) is 4.22. The number of hydrogen-bond donors (Lipinski definition) is 2. The Morgan fingerprint density at radius 3 is 2.59 bits per heavy atom. The van der Waals surface area contributed by atoms with Crippen LogP contribution < -0.4 is 10.6 Å². The van der Waals surface area contributed by atoms with E-state index in [9.17, 15) is 18.0 Å². The molecule has 6 nitrogen and oxygen atoms in total. The van der Waals surface area contributed by atoms with Gasteiger partial charge in [0.2, 0.25) is 0 Å². The second-order valence-corrected chi connectivity index (χ2v) is 6.29. The van der Waals surface area contributed by atoms with E-state index in [1.54, 1.807) is 30.3 Å². The predicted octanol–water partition coefficient (Wildman–Crippen LogP) is 4.93. The highest BCUT2D eigenvalue weighted by atomic mass is 19.4. The minimum Gasteiger partial charge on any atom is -0.472 e. The van der Waals surface area contributed by atoms with Crippen LogP contribution >= 0.6 is 0 Å². The number of hydrogen-bond acceptors (Lipinski definition) is 3. The van der Waals surface area contributed by atoms with Crippen molar-refractivity contribution in [3.05, 3.63) is 78.6 Å². The molecule has 0 aliphatic carbocycles. The summed E-state index contributed by atoms with van der Waals surface area (Å²) in [7, 11) is 0. The second-order valence-electron chi connectivity index (χ2n) is 6.29. The molecule has 0 atom stereocenters. The van der Waals surface area contributed by atoms with Gasteiger partial charge in [-0.2, -0.15) is 13.2 Å². The second kappa shape index (κ2) is 7.34. The highest BCUT2D eigenvalue weighted by molar-refractivity contribution is 5.89. The van der Waals surface area contributed by atoms with Gasteiger partial charge in [-0.25, -0.2) is 9.78 Å². The van der Waals surface area contributed by atoms with Gasteiger partial charge in [0.1, 0.15) is 5.65 Å². The number of nitrogens with zero attached hydrogens (tertiary/aromatic N) is 2. The van der Waals surface area contributed by atoms with Crippen molar-refractivity contribution in [1.29, 1.82) is 0 Å². The maximum atomic E-state index is 13.5. The number of para-hydroxylation sites is 1. The van der Waals surface area contributed by atoms with E-state index in [0.29, 0.717) is 22.5 Å². The van der Waals surface area contributed by atoms with E-state index in [2.05, 4.69) is 15.6 Å². The molecule has 0 aliphatic heterocycles. The van der Waals surface area contributed by atoms with Crippen LogP contribution in [0, 0.1) is 0 Å². The van der Waals surface area contributed by atoms with E-state index >= 15 is 0 Å². The van der Waals surface area contributed by atoms with Crippen molar-refractivity contribution in [3.63, 3.8) is 0 Å². The standard InChI is InChI=1S/C20H15F3N4O2/c21-20(22,23)17-8-14(13-6-7-29-12-13)10-27-11-16(25-18(17)27)9-24-19(28)26-15-4-2-1-3-5-15/h1-8,10-12H,9H2,(H2,24,26,28). The normalized spacial score (nSPS) is 11.6. The molecule has 0 bridgehead atoms. The fraction of sp³-hybridized carbons (Fsp3) is 0.100. The molecule has 4 rings (SSSR count). The number of anilines is 1. The Bertz CT molecular complexity index is 1140. The van der Waals surface area contributed by atoms with Gasteiger partial charge in [0.05, 0.1) is 30.3 Å². The lowest BCUT2D eigenvalue weighted by Crippen LogP contribution is -2.28. The number of urea groups is 1. The van der Waals surface area contributed by atoms with Crippen molar-refractivity contribution in [2.45, 2.75) is 12.7 Å². The monoisotopic (exact) mass is 400 g/mol. The molecule has 2 amide bonds. The van der Waals surface area contributed by atoms with Gasteiger partial charge >= 0.3 is 12.2 Å². The summed E-state index contributed by atoms with van der Waals surface area (Å²) in [6.45, 7) is -0.0291. The summed E-state index contributed by atoms with van der Waals surface area (Å²) < 4.78 is 46.9. The van der Waals surface area contributed by atoms with Crippen molar-refractivity contribution in [3.8, 4) is 11.1 Å². The summed E-state index contributed by atoms with van der Waals surface area (Å²) in [5.74, 6) is 0. The fourth-order valence-corrected chi connectivity index (χ4v) is 2.90. The molecule has 0 saturated heterocycles. The van der Waals surface area contributed by atoms with Crippen LogP contribution in [-0.2, 0) is 12.7 Å². The van der Waals surface area contributed by atoms with E-state index in [0.717, 1.165) is 6.07 Å². The Hall–Kier alpha value is -3.75. The quantitative estimate of drug-likeness (QED) is 0.510. The lowest BCUT2D eigenvalue weighted by Gasteiger charge is -2.10. The van der Waals surface area contributed by atoms with Crippen molar-refractivity contribution in [2.24, 2.45) is 0 Å². The number of carbonyl (C=O) groups excluding carboxylic acids is 1. The number of imidazole rings is 1. The Morgan fingerprint density at radius 1 is 1.10 bits per heavy atom. The smallest absolute Gasteiger partial charge is 0.420 e. The Labute approximate surface area is 163 Å². The van der Waals surface area contributed by atoms with E-state index in [-0.39, 0.29) is 12.2 Å². The number of nitrogens with one attached hydrogen (secondary N) is 2. The number of amides is 2. The third-order valence-corrected chi connectivity index (χ3v) is 4.22. The zero-order valence-electron chi connectivity index (χ0n) is 14.9. The van der Waals surface area contributed by atoms with Crippen LogP contribution in [0.2, 0.25) is 0 Å². The topological polar surface area (TPSA) is 71.6 Å². The molecular weight excluding hydrogens is 385 g/mol. The number of rotatable bonds is 4. The average molecular weight is 400 g/mol. The van der Waals surface area contributed by atoms with Gasteiger partial charge in [0.15, 0.2) is 0 Å². The van der Waals surface area contributed by atoms with Crippen LogP contribution in [0.5, 0.6) is 0 Å². The molecule has 9 heteroatoms. The molecule has 0 fully saturated rings. The summed E-state index contributed by atoms with van der Waals surface area (Å²) >= 11 is 0. The van der Waals surface area contributed by atoms with E-state index in [1.165, 1.54) is 29.3 Å². The summed E-state index contributed by atoms with van der Waals surface area (Å²) in [4.78, 5) is 16.0. The van der Waals surface area contributed by atoms with Gasteiger partial charge in [-0.3, -0.25) is 0 Å². The molecule has 1 aromatic carbocycles. The van der Waals surface area contributed by atoms with Gasteiger partial charge in [-0.15, -0.1) is 0 Å². The largest absolute Gasteiger partial charge is 0.472 e. The van der Waals surface area contributed by atoms with E-state index < -0.39 is 17.8 Å². The summed E-state index contributed by atoms with van der Waals surface area (Å²) in [6.07, 6.45) is 1.17. The first-order valence-corrected chi connectivity index (χ1v) is 8.61. The first-order valence-electron chi connectivity index (χ1n) is 8.61. The molecule has 3 heterocycles. The molecule has 29 heavy (non-hydrogen) atoms. The Morgan fingerprint density at radius 2 is 1.90 bits per heavy atom. The highest BCUT2D eigenvalue weighted by Crippen LogP contribution is 2.35. The fourth-order valence-electron chi connectivity index (χ4n) is 2.90. The summed E-state index contributed by atoms with van der Waals surface area (Å²) in [6, 6.07) is 10.9. The van der Waals surface area contributed by atoms with Crippen LogP contribution in [-0.4, -0.2) is 15.4 Å². The van der Waals surface area contributed by atoms with Gasteiger partial charge in [-0.05, 0) is 24.3 Å². The number of halogens is 3. The molecule has 2 N–H and O–H groups in total. The van der Waals surface area contributed by atoms with Crippen molar-refractivity contribution in [1.82, 2.24) is 14.7 Å². The number of fused-ring (bicyclic) bond motifs is 1. The molecular formula is C20H15F3N4O2. The van der Waals surface area contributed by atoms with Crippen LogP contribution in [0.15, 0.2) is 71.8 Å². The van der Waals surface area contributed by atoms with Gasteiger partial charge in [0.25, 0.3) is 0 Å². The number of pyridine rings is 1. The molecule has 0 saturated carbocycles. The van der Waals surface area contributed by atoms with Crippen LogP contribution in [0.3, 0.4) is 0 Å². The number of benzene rings is 1. The van der Waals surface area contributed by atoms with Crippen LogP contribution in [0.25, 0.3) is 16.8 Å². The zero-order valence-corrected chi connectivity index (χ0v) is 14.9. The van der Waals surface area contributed by atoms with Crippen LogP contribution in [0.4, 0.5) is 23.7 Å². The molecule has 0 radical (unpaired) electrons. The zero-order chi connectivity index (χ0) is 20.4. The first kappa shape index (κ1) is 18.6. The Kier molecular flexibility index (Phi) is 4.71. The van der Waals surface area contributed by atoms with Gasteiger partial charge in [0, 0.05) is 29.2 Å². The Balaban J connectivity index is 1.59. The maximum absolute atomic E-state index is 13.5. The number of alkyl halides is 3. The van der Waals surface area contributed by atoms with E-state index in [1.807, 2.05) is 6.07 Å². The number of aromatic nitrogens is 2. The minimum atomic E-state index is -4.58. The molecule has 3 aromatic heterocycles. The maximum Gasteiger partial charge on any atom is 0.420 e. The number of carbonyl (C=O) groups is 1. The molecule has 0 unspecified atom stereocenters. The molecule has 0 aliphatic rings. The number of furan rings is 1. The lowest BCUT2D eigenvalue weighted by atomic mass is 10.1. The van der Waals surface area contributed by atoms with Crippen molar-refractivity contribution >= 4 is 17.4 Å². The predicted molar refractivity (Wildman–Crippen MR) is 100 cm³/mol.